The maximum absolute atomic E-state index is 4.61. The van der Waals surface area contributed by atoms with Gasteiger partial charge in [0.25, 0.3) is 0 Å². The van der Waals surface area contributed by atoms with Crippen molar-refractivity contribution in [1.29, 1.82) is 0 Å². The Hall–Kier alpha value is -1.16. The van der Waals surface area contributed by atoms with Crippen LogP contribution in [0.5, 0.6) is 0 Å². The Kier molecular flexibility index (Phi) is 3.92. The Morgan fingerprint density at radius 3 is 3.00 bits per heavy atom. The van der Waals surface area contributed by atoms with Gasteiger partial charge in [-0.25, -0.2) is 9.67 Å². The van der Waals surface area contributed by atoms with Crippen LogP contribution in [0.1, 0.15) is 57.2 Å². The molecule has 3 atom stereocenters. The van der Waals surface area contributed by atoms with Crippen LogP contribution >= 0.6 is 0 Å². The maximum Gasteiger partial charge on any atom is 0.147 e. The van der Waals surface area contributed by atoms with Crippen LogP contribution in [-0.4, -0.2) is 21.3 Å². The first-order chi connectivity index (χ1) is 9.65. The molecule has 1 N–H and O–H groups in total. The molecule has 4 heteroatoms. The Morgan fingerprint density at radius 2 is 2.20 bits per heavy atom. The molecule has 4 nitrogen and oxygen atoms in total. The number of aromatic nitrogens is 3. The molecule has 110 valence electrons. The fraction of sp³-hybridized carbons (Fsp3) is 0.750. The summed E-state index contributed by atoms with van der Waals surface area (Å²) in [6, 6.07) is 0.381. The molecule has 0 saturated carbocycles. The molecule has 2 aliphatic rings. The van der Waals surface area contributed by atoms with Crippen molar-refractivity contribution in [2.45, 2.75) is 59.0 Å². The third kappa shape index (κ3) is 2.66. The molecule has 0 amide bonds. The smallest absolute Gasteiger partial charge is 0.147 e. The van der Waals surface area contributed by atoms with Gasteiger partial charge in [-0.05, 0) is 51.4 Å². The van der Waals surface area contributed by atoms with Crippen LogP contribution in [0.2, 0.25) is 0 Å². The molecule has 0 fully saturated rings. The fourth-order valence-corrected chi connectivity index (χ4v) is 3.67. The predicted octanol–water partition coefficient (Wildman–Crippen LogP) is 3.00. The summed E-state index contributed by atoms with van der Waals surface area (Å²) in [4.78, 5) is 4.61. The predicted molar refractivity (Wildman–Crippen MR) is 80.4 cm³/mol. The summed E-state index contributed by atoms with van der Waals surface area (Å²) in [5, 5.41) is 8.24. The van der Waals surface area contributed by atoms with Crippen LogP contribution in [0.25, 0.3) is 0 Å². The van der Waals surface area contributed by atoms with Gasteiger partial charge in [0.15, 0.2) is 0 Å². The van der Waals surface area contributed by atoms with E-state index in [1.807, 2.05) is 6.92 Å². The van der Waals surface area contributed by atoms with E-state index in [-0.39, 0.29) is 0 Å². The second-order valence-corrected chi connectivity index (χ2v) is 6.45. The molecule has 1 aliphatic carbocycles. The number of nitrogens with one attached hydrogen (secondary N) is 1. The summed E-state index contributed by atoms with van der Waals surface area (Å²) in [7, 11) is 0. The van der Waals surface area contributed by atoms with Crippen molar-refractivity contribution in [3.63, 3.8) is 0 Å². The third-order valence-electron chi connectivity index (χ3n) is 4.92. The highest BCUT2D eigenvalue weighted by Gasteiger charge is 2.26. The molecule has 0 unspecified atom stereocenters. The van der Waals surface area contributed by atoms with Gasteiger partial charge >= 0.3 is 0 Å². The lowest BCUT2D eigenvalue weighted by Gasteiger charge is -2.31. The van der Waals surface area contributed by atoms with Crippen LogP contribution in [0.15, 0.2) is 11.6 Å². The average molecular weight is 274 g/mol. The zero-order chi connectivity index (χ0) is 14.1. The first-order valence-corrected chi connectivity index (χ1v) is 7.96. The number of nitrogens with zero attached hydrogens (tertiary/aromatic N) is 3. The number of hydrogen-bond acceptors (Lipinski definition) is 3. The first-order valence-electron chi connectivity index (χ1n) is 7.96. The summed E-state index contributed by atoms with van der Waals surface area (Å²) in [5.41, 5.74) is 1.56. The van der Waals surface area contributed by atoms with Gasteiger partial charge in [0.05, 0.1) is 6.04 Å². The number of rotatable bonds is 3. The van der Waals surface area contributed by atoms with E-state index in [9.17, 15) is 0 Å². The van der Waals surface area contributed by atoms with E-state index in [1.165, 1.54) is 25.7 Å². The van der Waals surface area contributed by atoms with Crippen molar-refractivity contribution >= 4 is 0 Å². The molecule has 20 heavy (non-hydrogen) atoms. The average Bonchev–Trinajstić information content (AvgIpc) is 2.79. The molecule has 1 aromatic heterocycles. The molecule has 0 aromatic carbocycles. The van der Waals surface area contributed by atoms with E-state index in [1.54, 1.807) is 5.57 Å². The molecule has 1 aromatic rings. The topological polar surface area (TPSA) is 42.7 Å². The molecular formula is C16H26N4. The zero-order valence-corrected chi connectivity index (χ0v) is 12.9. The monoisotopic (exact) mass is 274 g/mol. The van der Waals surface area contributed by atoms with Gasteiger partial charge in [-0.1, -0.05) is 18.6 Å². The molecule has 0 radical (unpaired) electrons. The molecule has 3 rings (SSSR count). The second-order valence-electron chi connectivity index (χ2n) is 6.45. The summed E-state index contributed by atoms with van der Waals surface area (Å²) < 4.78 is 2.09. The van der Waals surface area contributed by atoms with Crippen LogP contribution in [-0.2, 0) is 6.54 Å². The summed E-state index contributed by atoms with van der Waals surface area (Å²) in [5.74, 6) is 3.51. The third-order valence-corrected chi connectivity index (χ3v) is 4.92. The fourth-order valence-electron chi connectivity index (χ4n) is 3.67. The van der Waals surface area contributed by atoms with E-state index in [4.69, 9.17) is 0 Å². The SMILES string of the molecule is CC1=CCC[C@H](C)[C@@H]1CN[C@H]1CCCn2nc(C)nc21. The Bertz CT molecular complexity index is 503. The van der Waals surface area contributed by atoms with Crippen molar-refractivity contribution in [1.82, 2.24) is 20.1 Å². The number of fused-ring (bicyclic) bond motifs is 1. The van der Waals surface area contributed by atoms with Crippen LogP contribution < -0.4 is 5.32 Å². The summed E-state index contributed by atoms with van der Waals surface area (Å²) in [6.45, 7) is 8.75. The van der Waals surface area contributed by atoms with Gasteiger partial charge in [-0.2, -0.15) is 5.10 Å². The lowest BCUT2D eigenvalue weighted by Crippen LogP contribution is -2.35. The van der Waals surface area contributed by atoms with Crippen molar-refractivity contribution in [2.75, 3.05) is 6.54 Å². The van der Waals surface area contributed by atoms with E-state index in [2.05, 4.69) is 40.0 Å². The van der Waals surface area contributed by atoms with Crippen LogP contribution in [0, 0.1) is 18.8 Å². The highest BCUT2D eigenvalue weighted by Crippen LogP contribution is 2.31. The number of hydrogen-bond donors (Lipinski definition) is 1. The van der Waals surface area contributed by atoms with Crippen molar-refractivity contribution in [3.05, 3.63) is 23.3 Å². The summed E-state index contributed by atoms with van der Waals surface area (Å²) in [6.07, 6.45) is 7.37. The number of aryl methyl sites for hydroxylation is 2. The van der Waals surface area contributed by atoms with Crippen molar-refractivity contribution in [3.8, 4) is 0 Å². The van der Waals surface area contributed by atoms with Gasteiger partial charge in [0.1, 0.15) is 11.6 Å². The van der Waals surface area contributed by atoms with Gasteiger partial charge in [0, 0.05) is 13.1 Å². The van der Waals surface area contributed by atoms with Crippen LogP contribution in [0.4, 0.5) is 0 Å². The first kappa shape index (κ1) is 13.8. The largest absolute Gasteiger partial charge is 0.307 e. The van der Waals surface area contributed by atoms with Gasteiger partial charge in [0.2, 0.25) is 0 Å². The minimum absolute atomic E-state index is 0.381. The minimum atomic E-state index is 0.381. The highest BCUT2D eigenvalue weighted by molar-refractivity contribution is 5.10. The van der Waals surface area contributed by atoms with Gasteiger partial charge in [-0.15, -0.1) is 0 Å². The van der Waals surface area contributed by atoms with E-state index >= 15 is 0 Å². The molecule has 0 bridgehead atoms. The van der Waals surface area contributed by atoms with E-state index < -0.39 is 0 Å². The zero-order valence-electron chi connectivity index (χ0n) is 12.9. The van der Waals surface area contributed by atoms with Crippen LogP contribution in [0.3, 0.4) is 0 Å². The Labute approximate surface area is 121 Å². The van der Waals surface area contributed by atoms with Crippen molar-refractivity contribution < 1.29 is 0 Å². The molecular weight excluding hydrogens is 248 g/mol. The Balaban J connectivity index is 1.67. The molecule has 0 spiro atoms. The summed E-state index contributed by atoms with van der Waals surface area (Å²) >= 11 is 0. The highest BCUT2D eigenvalue weighted by atomic mass is 15.4. The Morgan fingerprint density at radius 1 is 1.35 bits per heavy atom. The van der Waals surface area contributed by atoms with Gasteiger partial charge < -0.3 is 5.32 Å². The number of allylic oxidation sites excluding steroid dienone is 1. The molecule has 1 aliphatic heterocycles. The lowest BCUT2D eigenvalue weighted by molar-refractivity contribution is 0.305. The minimum Gasteiger partial charge on any atom is -0.307 e. The van der Waals surface area contributed by atoms with E-state index in [0.29, 0.717) is 12.0 Å². The lowest BCUT2D eigenvalue weighted by atomic mass is 9.80. The molecule has 0 saturated heterocycles. The van der Waals surface area contributed by atoms with Gasteiger partial charge in [-0.3, -0.25) is 0 Å². The van der Waals surface area contributed by atoms with E-state index in [0.717, 1.165) is 30.7 Å². The standard InChI is InChI=1S/C16H26N4/c1-11-6-4-7-12(2)14(11)10-17-15-8-5-9-20-16(15)18-13(3)19-20/h6,12,14-15,17H,4-5,7-10H2,1-3H3/t12-,14+,15-/m0/s1. The maximum atomic E-state index is 4.61. The van der Waals surface area contributed by atoms with Crippen molar-refractivity contribution in [2.24, 2.45) is 11.8 Å². The molecule has 2 heterocycles. The second kappa shape index (κ2) is 5.68. The normalized spacial score (nSPS) is 29.9. The quantitative estimate of drug-likeness (QED) is 0.862.